The number of halogens is 1. The molecule has 0 bridgehead atoms. The first-order chi connectivity index (χ1) is 9.67. The molecule has 1 aromatic carbocycles. The summed E-state index contributed by atoms with van der Waals surface area (Å²) in [7, 11) is 3.59. The zero-order valence-corrected chi connectivity index (χ0v) is 13.6. The van der Waals surface area contributed by atoms with Crippen LogP contribution in [0.3, 0.4) is 0 Å². The standard InChI is InChI=1S/C15H19BrN2O2/c1-4-12-7-13(18(2)17-12)10-20-15-8-14(19-3)6-5-11(15)9-16/h5-8H,4,9-10H2,1-3H3. The highest BCUT2D eigenvalue weighted by atomic mass is 79.9. The highest BCUT2D eigenvalue weighted by molar-refractivity contribution is 9.08. The second kappa shape index (κ2) is 6.79. The summed E-state index contributed by atoms with van der Waals surface area (Å²) in [6.45, 7) is 2.59. The molecule has 0 saturated carbocycles. The molecule has 0 amide bonds. The van der Waals surface area contributed by atoms with Gasteiger partial charge in [-0.05, 0) is 18.6 Å². The molecule has 0 aliphatic rings. The Bertz CT molecular complexity index is 581. The van der Waals surface area contributed by atoms with Crippen molar-refractivity contribution in [2.75, 3.05) is 7.11 Å². The van der Waals surface area contributed by atoms with Crippen molar-refractivity contribution >= 4 is 15.9 Å². The summed E-state index contributed by atoms with van der Waals surface area (Å²) in [5.74, 6) is 1.63. The number of aryl methyl sites for hydroxylation is 2. The molecular formula is C15H19BrN2O2. The van der Waals surface area contributed by atoms with Gasteiger partial charge in [0, 0.05) is 24.0 Å². The molecule has 0 atom stereocenters. The van der Waals surface area contributed by atoms with Crippen molar-refractivity contribution in [3.05, 3.63) is 41.2 Å². The molecule has 108 valence electrons. The van der Waals surface area contributed by atoms with Crippen molar-refractivity contribution < 1.29 is 9.47 Å². The van der Waals surface area contributed by atoms with Crippen LogP contribution < -0.4 is 9.47 Å². The van der Waals surface area contributed by atoms with Gasteiger partial charge in [-0.3, -0.25) is 4.68 Å². The molecule has 5 heteroatoms. The van der Waals surface area contributed by atoms with Crippen LogP contribution in [0.1, 0.15) is 23.9 Å². The number of ether oxygens (including phenoxy) is 2. The Kier molecular flexibility index (Phi) is 5.06. The fourth-order valence-corrected chi connectivity index (χ4v) is 2.40. The molecule has 0 aliphatic heterocycles. The molecule has 1 heterocycles. The summed E-state index contributed by atoms with van der Waals surface area (Å²) in [6, 6.07) is 7.92. The summed E-state index contributed by atoms with van der Waals surface area (Å²) >= 11 is 3.47. The maximum atomic E-state index is 5.92. The number of hydrogen-bond donors (Lipinski definition) is 0. The van der Waals surface area contributed by atoms with Crippen LogP contribution >= 0.6 is 15.9 Å². The van der Waals surface area contributed by atoms with E-state index in [9.17, 15) is 0 Å². The van der Waals surface area contributed by atoms with E-state index in [2.05, 4.69) is 34.0 Å². The van der Waals surface area contributed by atoms with E-state index in [1.807, 2.05) is 29.9 Å². The summed E-state index contributed by atoms with van der Waals surface area (Å²) in [4.78, 5) is 0. The van der Waals surface area contributed by atoms with Crippen molar-refractivity contribution in [1.29, 1.82) is 0 Å². The molecule has 20 heavy (non-hydrogen) atoms. The largest absolute Gasteiger partial charge is 0.497 e. The van der Waals surface area contributed by atoms with Gasteiger partial charge in [0.2, 0.25) is 0 Å². The van der Waals surface area contributed by atoms with Gasteiger partial charge in [0.1, 0.15) is 18.1 Å². The number of hydrogen-bond acceptors (Lipinski definition) is 3. The van der Waals surface area contributed by atoms with Crippen LogP contribution in [-0.4, -0.2) is 16.9 Å². The van der Waals surface area contributed by atoms with E-state index < -0.39 is 0 Å². The first-order valence-corrected chi connectivity index (χ1v) is 7.67. The number of aromatic nitrogens is 2. The Morgan fingerprint density at radius 1 is 1.30 bits per heavy atom. The quantitative estimate of drug-likeness (QED) is 0.756. The van der Waals surface area contributed by atoms with Crippen molar-refractivity contribution in [1.82, 2.24) is 9.78 Å². The molecule has 2 rings (SSSR count). The predicted molar refractivity (Wildman–Crippen MR) is 82.5 cm³/mol. The van der Waals surface area contributed by atoms with Crippen molar-refractivity contribution in [2.45, 2.75) is 25.3 Å². The van der Waals surface area contributed by atoms with E-state index in [0.29, 0.717) is 6.61 Å². The molecule has 2 aromatic rings. The van der Waals surface area contributed by atoms with E-state index in [1.165, 1.54) is 0 Å². The van der Waals surface area contributed by atoms with Gasteiger partial charge in [0.05, 0.1) is 18.5 Å². The molecule has 0 radical (unpaired) electrons. The first-order valence-electron chi connectivity index (χ1n) is 6.55. The van der Waals surface area contributed by atoms with Crippen LogP contribution in [0.2, 0.25) is 0 Å². The second-order valence-electron chi connectivity index (χ2n) is 4.50. The SMILES string of the molecule is CCc1cc(COc2cc(OC)ccc2CBr)n(C)n1. The lowest BCUT2D eigenvalue weighted by Crippen LogP contribution is -2.04. The summed E-state index contributed by atoms with van der Waals surface area (Å²) in [6.07, 6.45) is 0.930. The third kappa shape index (κ3) is 3.33. The molecule has 4 nitrogen and oxygen atoms in total. The van der Waals surface area contributed by atoms with Gasteiger partial charge in [-0.15, -0.1) is 0 Å². The van der Waals surface area contributed by atoms with Gasteiger partial charge >= 0.3 is 0 Å². The number of benzene rings is 1. The molecule has 1 aromatic heterocycles. The van der Waals surface area contributed by atoms with Crippen molar-refractivity contribution in [2.24, 2.45) is 7.05 Å². The maximum absolute atomic E-state index is 5.92. The van der Waals surface area contributed by atoms with E-state index in [1.54, 1.807) is 7.11 Å². The van der Waals surface area contributed by atoms with Crippen LogP contribution in [0, 0.1) is 0 Å². The number of nitrogens with zero attached hydrogens (tertiary/aromatic N) is 2. The highest BCUT2D eigenvalue weighted by Crippen LogP contribution is 2.27. The highest BCUT2D eigenvalue weighted by Gasteiger charge is 2.08. The zero-order chi connectivity index (χ0) is 14.5. The van der Waals surface area contributed by atoms with Gasteiger partial charge in [0.25, 0.3) is 0 Å². The monoisotopic (exact) mass is 338 g/mol. The smallest absolute Gasteiger partial charge is 0.130 e. The number of alkyl halides is 1. The van der Waals surface area contributed by atoms with E-state index in [-0.39, 0.29) is 0 Å². The second-order valence-corrected chi connectivity index (χ2v) is 5.06. The maximum Gasteiger partial charge on any atom is 0.130 e. The van der Waals surface area contributed by atoms with Gasteiger partial charge in [-0.25, -0.2) is 0 Å². The van der Waals surface area contributed by atoms with Crippen LogP contribution in [0.25, 0.3) is 0 Å². The predicted octanol–water partition coefficient (Wildman–Crippen LogP) is 3.47. The van der Waals surface area contributed by atoms with Gasteiger partial charge in [0.15, 0.2) is 0 Å². The number of rotatable bonds is 6. The van der Waals surface area contributed by atoms with Crippen molar-refractivity contribution in [3.63, 3.8) is 0 Å². The lowest BCUT2D eigenvalue weighted by Gasteiger charge is -2.11. The molecule has 0 saturated heterocycles. The Labute approximate surface area is 127 Å². The third-order valence-electron chi connectivity index (χ3n) is 3.18. The Morgan fingerprint density at radius 3 is 2.70 bits per heavy atom. The Balaban J connectivity index is 2.14. The first kappa shape index (κ1) is 14.9. The van der Waals surface area contributed by atoms with E-state index in [4.69, 9.17) is 9.47 Å². The molecular weight excluding hydrogens is 320 g/mol. The molecule has 0 fully saturated rings. The molecule has 0 aliphatic carbocycles. The number of methoxy groups -OCH3 is 1. The topological polar surface area (TPSA) is 36.3 Å². The zero-order valence-electron chi connectivity index (χ0n) is 12.0. The van der Waals surface area contributed by atoms with Gasteiger partial charge in [-0.2, -0.15) is 5.10 Å². The van der Waals surface area contributed by atoms with Gasteiger partial charge in [-0.1, -0.05) is 28.9 Å². The lowest BCUT2D eigenvalue weighted by molar-refractivity contribution is 0.290. The minimum absolute atomic E-state index is 0.497. The van der Waals surface area contributed by atoms with Crippen LogP contribution in [0.4, 0.5) is 0 Å². The third-order valence-corrected chi connectivity index (χ3v) is 3.79. The van der Waals surface area contributed by atoms with Gasteiger partial charge < -0.3 is 9.47 Å². The molecule has 0 unspecified atom stereocenters. The Hall–Kier alpha value is -1.49. The normalized spacial score (nSPS) is 10.6. The minimum atomic E-state index is 0.497. The van der Waals surface area contributed by atoms with Crippen LogP contribution in [0.15, 0.2) is 24.3 Å². The summed E-state index contributed by atoms with van der Waals surface area (Å²) in [5.41, 5.74) is 3.24. The van der Waals surface area contributed by atoms with E-state index in [0.717, 1.165) is 40.2 Å². The van der Waals surface area contributed by atoms with E-state index >= 15 is 0 Å². The fourth-order valence-electron chi connectivity index (χ4n) is 1.94. The average Bonchev–Trinajstić information content (AvgIpc) is 2.85. The average molecular weight is 339 g/mol. The minimum Gasteiger partial charge on any atom is -0.497 e. The summed E-state index contributed by atoms with van der Waals surface area (Å²) < 4.78 is 13.0. The summed E-state index contributed by atoms with van der Waals surface area (Å²) in [5, 5.41) is 5.17. The molecule has 0 spiro atoms. The fraction of sp³-hybridized carbons (Fsp3) is 0.400. The van der Waals surface area contributed by atoms with Crippen molar-refractivity contribution in [3.8, 4) is 11.5 Å². The Morgan fingerprint density at radius 2 is 2.10 bits per heavy atom. The lowest BCUT2D eigenvalue weighted by atomic mass is 10.2. The van der Waals surface area contributed by atoms with Crippen LogP contribution in [-0.2, 0) is 25.4 Å². The van der Waals surface area contributed by atoms with Crippen LogP contribution in [0.5, 0.6) is 11.5 Å². The molecule has 0 N–H and O–H groups in total.